The first kappa shape index (κ1) is 18.6. The quantitative estimate of drug-likeness (QED) is 0.854. The smallest absolute Gasteiger partial charge is 0.253 e. The maximum atomic E-state index is 12.8. The van der Waals surface area contributed by atoms with Crippen molar-refractivity contribution in [3.8, 4) is 0 Å². The van der Waals surface area contributed by atoms with Crippen LogP contribution in [0.15, 0.2) is 48.5 Å². The lowest BCUT2D eigenvalue weighted by atomic mass is 9.90. The predicted molar refractivity (Wildman–Crippen MR) is 105 cm³/mol. The van der Waals surface area contributed by atoms with Crippen molar-refractivity contribution in [3.63, 3.8) is 0 Å². The highest BCUT2D eigenvalue weighted by molar-refractivity contribution is 6.05. The number of nitrogens with one attached hydrogen (secondary N) is 2. The summed E-state index contributed by atoms with van der Waals surface area (Å²) in [7, 11) is 0. The highest BCUT2D eigenvalue weighted by Crippen LogP contribution is 2.32. The fraction of sp³-hybridized carbons (Fsp3) is 0.286. The van der Waals surface area contributed by atoms with Gasteiger partial charge in [0.15, 0.2) is 0 Å². The minimum atomic E-state index is -0.558. The molecule has 3 rings (SSSR count). The second-order valence-corrected chi connectivity index (χ2v) is 6.44. The Morgan fingerprint density at radius 3 is 2.59 bits per heavy atom. The Kier molecular flexibility index (Phi) is 5.54. The molecule has 0 aromatic heterocycles. The summed E-state index contributed by atoms with van der Waals surface area (Å²) in [5, 5.41) is 5.64. The van der Waals surface area contributed by atoms with Gasteiger partial charge in [-0.3, -0.25) is 14.4 Å². The maximum absolute atomic E-state index is 12.8. The van der Waals surface area contributed by atoms with Gasteiger partial charge in [-0.05, 0) is 43.7 Å². The van der Waals surface area contributed by atoms with Crippen molar-refractivity contribution >= 4 is 29.1 Å². The normalized spacial score (nSPS) is 15.5. The number of nitrogens with zero attached hydrogens (tertiary/aromatic N) is 1. The number of amides is 3. The second-order valence-electron chi connectivity index (χ2n) is 6.44. The molecule has 0 saturated carbocycles. The van der Waals surface area contributed by atoms with Gasteiger partial charge in [0.2, 0.25) is 11.8 Å². The topological polar surface area (TPSA) is 78.5 Å². The average molecular weight is 365 g/mol. The van der Waals surface area contributed by atoms with Crippen LogP contribution in [0.2, 0.25) is 0 Å². The highest BCUT2D eigenvalue weighted by atomic mass is 16.2. The van der Waals surface area contributed by atoms with Gasteiger partial charge in [-0.1, -0.05) is 24.3 Å². The Balaban J connectivity index is 1.80. The molecule has 2 aromatic carbocycles. The zero-order valence-electron chi connectivity index (χ0n) is 15.5. The fourth-order valence-corrected chi connectivity index (χ4v) is 3.30. The van der Waals surface area contributed by atoms with Gasteiger partial charge in [0.1, 0.15) is 0 Å². The predicted octanol–water partition coefficient (Wildman–Crippen LogP) is 3.23. The van der Waals surface area contributed by atoms with Crippen LogP contribution in [0.4, 0.5) is 11.4 Å². The van der Waals surface area contributed by atoms with Gasteiger partial charge >= 0.3 is 0 Å². The zero-order chi connectivity index (χ0) is 19.4. The molecule has 0 fully saturated rings. The third-order valence-corrected chi connectivity index (χ3v) is 4.74. The van der Waals surface area contributed by atoms with Crippen LogP contribution in [0.3, 0.4) is 0 Å². The summed E-state index contributed by atoms with van der Waals surface area (Å²) < 4.78 is 0. The van der Waals surface area contributed by atoms with E-state index in [0.717, 1.165) is 5.56 Å². The molecule has 27 heavy (non-hydrogen) atoms. The minimum Gasteiger partial charge on any atom is -0.339 e. The Morgan fingerprint density at radius 1 is 1.11 bits per heavy atom. The van der Waals surface area contributed by atoms with Crippen LogP contribution in [0.1, 0.15) is 42.1 Å². The van der Waals surface area contributed by atoms with E-state index in [1.165, 1.54) is 0 Å². The minimum absolute atomic E-state index is 0.0708. The van der Waals surface area contributed by atoms with Crippen LogP contribution in [0.5, 0.6) is 0 Å². The van der Waals surface area contributed by atoms with Gasteiger partial charge in [-0.2, -0.15) is 0 Å². The number of benzene rings is 2. The molecule has 2 aromatic rings. The number of para-hydroxylation sites is 1. The number of anilines is 2. The van der Waals surface area contributed by atoms with Crippen LogP contribution in [-0.2, 0) is 9.59 Å². The fourth-order valence-electron chi connectivity index (χ4n) is 3.30. The number of rotatable bonds is 5. The molecule has 0 saturated heterocycles. The van der Waals surface area contributed by atoms with Crippen LogP contribution in [0, 0.1) is 0 Å². The van der Waals surface area contributed by atoms with E-state index in [1.807, 2.05) is 32.0 Å². The third-order valence-electron chi connectivity index (χ3n) is 4.74. The molecular weight excluding hydrogens is 342 g/mol. The van der Waals surface area contributed by atoms with E-state index in [2.05, 4.69) is 10.6 Å². The van der Waals surface area contributed by atoms with Crippen molar-refractivity contribution in [2.75, 3.05) is 23.7 Å². The maximum Gasteiger partial charge on any atom is 0.253 e. The first-order chi connectivity index (χ1) is 13.0. The summed E-state index contributed by atoms with van der Waals surface area (Å²) in [5.74, 6) is -1.07. The van der Waals surface area contributed by atoms with Crippen LogP contribution in [0.25, 0.3) is 0 Å². The SMILES string of the molecule is CCN(CC)C(=O)c1cccc(NC(=O)[C@@H]2CC(=O)Nc3ccccc32)c1. The summed E-state index contributed by atoms with van der Waals surface area (Å²) in [6.45, 7) is 5.11. The molecule has 6 heteroatoms. The summed E-state index contributed by atoms with van der Waals surface area (Å²) in [4.78, 5) is 39.0. The molecule has 1 aliphatic rings. The van der Waals surface area contributed by atoms with Crippen LogP contribution < -0.4 is 10.6 Å². The number of carbonyl (C=O) groups is 3. The van der Waals surface area contributed by atoms with E-state index < -0.39 is 5.92 Å². The monoisotopic (exact) mass is 365 g/mol. The van der Waals surface area contributed by atoms with Gasteiger partial charge in [0.25, 0.3) is 5.91 Å². The standard InChI is InChI=1S/C21H23N3O3/c1-3-24(4-2)21(27)14-8-7-9-15(12-14)22-20(26)17-13-19(25)23-18-11-6-5-10-16(17)18/h5-12,17H,3-4,13H2,1-2H3,(H,22,26)(H,23,25)/t17-/m1/s1. The Labute approximate surface area is 158 Å². The number of hydrogen-bond donors (Lipinski definition) is 2. The Hall–Kier alpha value is -3.15. The van der Waals surface area contributed by atoms with Crippen molar-refractivity contribution in [2.24, 2.45) is 0 Å². The van der Waals surface area contributed by atoms with Crippen LogP contribution >= 0.6 is 0 Å². The van der Waals surface area contributed by atoms with Gasteiger partial charge < -0.3 is 15.5 Å². The molecule has 1 atom stereocenters. The number of fused-ring (bicyclic) bond motifs is 1. The lowest BCUT2D eigenvalue weighted by Crippen LogP contribution is -2.31. The van der Waals surface area contributed by atoms with E-state index in [1.54, 1.807) is 35.2 Å². The molecule has 140 valence electrons. The van der Waals surface area contributed by atoms with E-state index in [4.69, 9.17) is 0 Å². The molecule has 0 bridgehead atoms. The molecule has 0 spiro atoms. The van der Waals surface area contributed by atoms with Crippen molar-refractivity contribution in [3.05, 3.63) is 59.7 Å². The lowest BCUT2D eigenvalue weighted by molar-refractivity contribution is -0.123. The molecule has 1 heterocycles. The van der Waals surface area contributed by atoms with Gasteiger partial charge in [-0.15, -0.1) is 0 Å². The summed E-state index contributed by atoms with van der Waals surface area (Å²) in [6.07, 6.45) is 0.0981. The molecule has 0 aliphatic carbocycles. The Morgan fingerprint density at radius 2 is 1.85 bits per heavy atom. The van der Waals surface area contributed by atoms with E-state index in [9.17, 15) is 14.4 Å². The van der Waals surface area contributed by atoms with Crippen LogP contribution in [-0.4, -0.2) is 35.7 Å². The van der Waals surface area contributed by atoms with E-state index >= 15 is 0 Å². The van der Waals surface area contributed by atoms with E-state index in [0.29, 0.717) is 30.0 Å². The summed E-state index contributed by atoms with van der Waals surface area (Å²) in [6, 6.07) is 14.2. The van der Waals surface area contributed by atoms with E-state index in [-0.39, 0.29) is 24.1 Å². The Bertz CT molecular complexity index is 874. The van der Waals surface area contributed by atoms with Crippen molar-refractivity contribution in [1.29, 1.82) is 0 Å². The highest BCUT2D eigenvalue weighted by Gasteiger charge is 2.30. The van der Waals surface area contributed by atoms with Gasteiger partial charge in [-0.25, -0.2) is 0 Å². The third kappa shape index (κ3) is 4.00. The number of carbonyl (C=O) groups excluding carboxylic acids is 3. The molecule has 3 amide bonds. The molecule has 0 unspecified atom stereocenters. The first-order valence-electron chi connectivity index (χ1n) is 9.12. The summed E-state index contributed by atoms with van der Waals surface area (Å²) >= 11 is 0. The van der Waals surface area contributed by atoms with Gasteiger partial charge in [0.05, 0.1) is 5.92 Å². The average Bonchev–Trinajstić information content (AvgIpc) is 2.68. The molecule has 0 radical (unpaired) electrons. The number of hydrogen-bond acceptors (Lipinski definition) is 3. The second kappa shape index (κ2) is 8.03. The molecule has 6 nitrogen and oxygen atoms in total. The van der Waals surface area contributed by atoms with Crippen molar-refractivity contribution in [2.45, 2.75) is 26.2 Å². The molecule has 2 N–H and O–H groups in total. The molecule has 1 aliphatic heterocycles. The lowest BCUT2D eigenvalue weighted by Gasteiger charge is -2.25. The van der Waals surface area contributed by atoms with Crippen molar-refractivity contribution in [1.82, 2.24) is 4.90 Å². The zero-order valence-corrected chi connectivity index (χ0v) is 15.5. The molecular formula is C21H23N3O3. The largest absolute Gasteiger partial charge is 0.339 e. The summed E-state index contributed by atoms with van der Waals surface area (Å²) in [5.41, 5.74) is 2.53. The van der Waals surface area contributed by atoms with Crippen molar-refractivity contribution < 1.29 is 14.4 Å². The van der Waals surface area contributed by atoms with Gasteiger partial charge in [0, 0.05) is 36.4 Å². The first-order valence-corrected chi connectivity index (χ1v) is 9.12.